The van der Waals surface area contributed by atoms with Gasteiger partial charge in [-0.05, 0) is 30.4 Å². The topological polar surface area (TPSA) is 0 Å². The van der Waals surface area contributed by atoms with Gasteiger partial charge in [0.25, 0.3) is 0 Å². The van der Waals surface area contributed by atoms with E-state index in [-0.39, 0.29) is 12.4 Å². The Kier molecular flexibility index (Phi) is 14.1. The molecular weight excluding hydrogens is 386 g/mol. The third-order valence-electron chi connectivity index (χ3n) is 6.49. The van der Waals surface area contributed by atoms with E-state index in [1.807, 2.05) is 0 Å². The molecule has 2 rings (SSSR count). The predicted octanol–water partition coefficient (Wildman–Crippen LogP) is 5.89. The van der Waals surface area contributed by atoms with E-state index in [0.717, 1.165) is 4.48 Å². The Balaban J connectivity index is 0.00000450. The minimum absolute atomic E-state index is 0. The lowest BCUT2D eigenvalue weighted by molar-refractivity contribution is -0.00000631. The molecule has 0 unspecified atom stereocenters. The summed E-state index contributed by atoms with van der Waals surface area (Å²) >= 11 is 0. The first-order chi connectivity index (χ1) is 14.1. The normalized spacial score (nSPS) is 11.6. The Morgan fingerprint density at radius 3 is 1.60 bits per heavy atom. The van der Waals surface area contributed by atoms with Crippen molar-refractivity contribution in [2.24, 2.45) is 0 Å². The second kappa shape index (κ2) is 15.7. The third-order valence-corrected chi connectivity index (χ3v) is 6.49. The van der Waals surface area contributed by atoms with Gasteiger partial charge in [0, 0.05) is 5.39 Å². The largest absolute Gasteiger partial charge is 1.00 e. The smallest absolute Gasteiger partial charge is 0.140 e. The van der Waals surface area contributed by atoms with Gasteiger partial charge in [0.15, 0.2) is 0 Å². The summed E-state index contributed by atoms with van der Waals surface area (Å²) in [5.41, 5.74) is 1.46. The Labute approximate surface area is 193 Å². The van der Waals surface area contributed by atoms with Crippen LogP contribution in [0.4, 0.5) is 5.69 Å². The lowest BCUT2D eigenvalue weighted by atomic mass is 10.0. The molecule has 0 aliphatic rings. The average molecular weight is 432 g/mol. The van der Waals surface area contributed by atoms with Gasteiger partial charge in [-0.2, -0.15) is 0 Å². The fraction of sp³-hybridized carbons (Fsp3) is 0.643. The molecule has 2 aromatic rings. The van der Waals surface area contributed by atoms with E-state index in [9.17, 15) is 0 Å². The number of rotatable bonds is 16. The van der Waals surface area contributed by atoms with Gasteiger partial charge in [0.1, 0.15) is 5.69 Å². The van der Waals surface area contributed by atoms with Crippen LogP contribution >= 0.6 is 0 Å². The number of hydrogen-bond donors (Lipinski definition) is 0. The molecule has 0 bridgehead atoms. The molecule has 0 fully saturated rings. The highest BCUT2D eigenvalue weighted by Gasteiger charge is 2.20. The zero-order chi connectivity index (χ0) is 20.8. The van der Waals surface area contributed by atoms with Gasteiger partial charge in [0.2, 0.25) is 0 Å². The number of nitrogens with zero attached hydrogens (tertiary/aromatic N) is 1. The summed E-state index contributed by atoms with van der Waals surface area (Å²) in [5.74, 6) is 0. The van der Waals surface area contributed by atoms with E-state index >= 15 is 0 Å². The third kappa shape index (κ3) is 9.84. The summed E-state index contributed by atoms with van der Waals surface area (Å²) in [7, 11) is 4.73. The highest BCUT2D eigenvalue weighted by molar-refractivity contribution is 5.93. The molecule has 0 aliphatic carbocycles. The molecule has 0 aliphatic heterocycles. The minimum Gasteiger partial charge on any atom is -1.00 e. The Hall–Kier alpha value is -1.05. The zero-order valence-corrected chi connectivity index (χ0v) is 20.7. The molecule has 0 aromatic heterocycles. The Morgan fingerprint density at radius 2 is 1.03 bits per heavy atom. The molecule has 2 heteroatoms. The summed E-state index contributed by atoms with van der Waals surface area (Å²) in [6, 6.07) is 15.6. The molecule has 0 saturated heterocycles. The number of hydrogen-bond acceptors (Lipinski definition) is 0. The maximum atomic E-state index is 2.37. The number of quaternary nitrogens is 1. The molecule has 1 nitrogen and oxygen atoms in total. The Bertz CT molecular complexity index is 674. The first kappa shape index (κ1) is 27.0. The number of halogens is 1. The maximum absolute atomic E-state index is 2.37. The number of fused-ring (bicyclic) bond motifs is 1. The molecule has 2 aromatic carbocycles. The predicted molar refractivity (Wildman–Crippen MR) is 133 cm³/mol. The van der Waals surface area contributed by atoms with Crippen molar-refractivity contribution in [3.63, 3.8) is 0 Å². The number of unbranched alkanes of at least 4 members (excludes halogenated alkanes) is 13. The molecule has 30 heavy (non-hydrogen) atoms. The van der Waals surface area contributed by atoms with Crippen molar-refractivity contribution in [2.45, 2.75) is 96.8 Å². The van der Waals surface area contributed by atoms with Crippen molar-refractivity contribution in [3.05, 3.63) is 42.5 Å². The van der Waals surface area contributed by atoms with Crippen molar-refractivity contribution < 1.29 is 12.4 Å². The monoisotopic (exact) mass is 431 g/mol. The lowest BCUT2D eigenvalue weighted by Crippen LogP contribution is -3.00. The van der Waals surface area contributed by atoms with Crippen molar-refractivity contribution in [1.82, 2.24) is 4.48 Å². The quantitative estimate of drug-likeness (QED) is 0.229. The highest BCUT2D eigenvalue weighted by Crippen LogP contribution is 2.30. The van der Waals surface area contributed by atoms with Gasteiger partial charge in [0.05, 0.1) is 20.6 Å². The summed E-state index contributed by atoms with van der Waals surface area (Å²) in [5, 5.41) is 2.77. The molecule has 0 atom stereocenters. The molecule has 0 saturated carbocycles. The van der Waals surface area contributed by atoms with Crippen molar-refractivity contribution in [2.75, 3.05) is 20.6 Å². The van der Waals surface area contributed by atoms with Crippen molar-refractivity contribution >= 4 is 16.5 Å². The number of benzene rings is 2. The van der Waals surface area contributed by atoms with Crippen LogP contribution in [0, 0.1) is 0 Å². The highest BCUT2D eigenvalue weighted by atomic mass is 35.5. The lowest BCUT2D eigenvalue weighted by Gasteiger charge is -2.30. The van der Waals surface area contributed by atoms with Crippen LogP contribution in [-0.4, -0.2) is 20.6 Å². The minimum atomic E-state index is 0. The molecule has 0 N–H and O–H groups in total. The molecular formula is C28H46ClN. The van der Waals surface area contributed by atoms with E-state index in [4.69, 9.17) is 0 Å². The second-order valence-corrected chi connectivity index (χ2v) is 9.50. The van der Waals surface area contributed by atoms with Crippen LogP contribution in [0.3, 0.4) is 0 Å². The van der Waals surface area contributed by atoms with E-state index in [2.05, 4.69) is 63.5 Å². The van der Waals surface area contributed by atoms with E-state index < -0.39 is 0 Å². The van der Waals surface area contributed by atoms with Crippen LogP contribution in [0.1, 0.15) is 96.8 Å². The molecule has 0 spiro atoms. The van der Waals surface area contributed by atoms with Crippen LogP contribution in [0.25, 0.3) is 10.8 Å². The summed E-state index contributed by atoms with van der Waals surface area (Å²) < 4.78 is 0.986. The fourth-order valence-corrected chi connectivity index (χ4v) is 4.56. The van der Waals surface area contributed by atoms with Crippen LogP contribution in [0.15, 0.2) is 42.5 Å². The van der Waals surface area contributed by atoms with Crippen molar-refractivity contribution in [1.29, 1.82) is 0 Å². The molecule has 0 radical (unpaired) electrons. The summed E-state index contributed by atoms with van der Waals surface area (Å²) in [4.78, 5) is 0. The van der Waals surface area contributed by atoms with Gasteiger partial charge in [-0.1, -0.05) is 114 Å². The van der Waals surface area contributed by atoms with Crippen LogP contribution in [0.2, 0.25) is 0 Å². The first-order valence-electron chi connectivity index (χ1n) is 12.5. The van der Waals surface area contributed by atoms with Crippen LogP contribution < -0.4 is 16.9 Å². The van der Waals surface area contributed by atoms with Gasteiger partial charge in [-0.3, -0.25) is 4.48 Å². The second-order valence-electron chi connectivity index (χ2n) is 9.50. The standard InChI is InChI=1S/C28H46N.ClH/c1-4-5-6-7-8-9-10-11-12-13-14-15-16-19-25-29(2,3)28-24-20-22-26-21-17-18-23-27(26)28;/h17-18,20-24H,4-16,19,25H2,1-3H3;1H/q+1;/p-1. The molecule has 0 amide bonds. The first-order valence-corrected chi connectivity index (χ1v) is 12.5. The SMILES string of the molecule is CCCCCCCCCCCCCCCC[N+](C)(C)c1cccc2ccccc12.[Cl-]. The van der Waals surface area contributed by atoms with Crippen LogP contribution in [0.5, 0.6) is 0 Å². The molecule has 170 valence electrons. The zero-order valence-electron chi connectivity index (χ0n) is 20.0. The summed E-state index contributed by atoms with van der Waals surface area (Å²) in [6.45, 7) is 3.52. The molecule has 0 heterocycles. The summed E-state index contributed by atoms with van der Waals surface area (Å²) in [6.07, 6.45) is 20.0. The van der Waals surface area contributed by atoms with Gasteiger partial charge < -0.3 is 12.4 Å². The van der Waals surface area contributed by atoms with E-state index in [0.29, 0.717) is 0 Å². The Morgan fingerprint density at radius 1 is 0.567 bits per heavy atom. The van der Waals surface area contributed by atoms with Crippen LogP contribution in [-0.2, 0) is 0 Å². The van der Waals surface area contributed by atoms with E-state index in [1.165, 1.54) is 113 Å². The van der Waals surface area contributed by atoms with E-state index in [1.54, 1.807) is 0 Å². The average Bonchev–Trinajstić information content (AvgIpc) is 2.73. The van der Waals surface area contributed by atoms with Gasteiger partial charge in [-0.15, -0.1) is 0 Å². The maximum Gasteiger partial charge on any atom is 0.140 e. The fourth-order valence-electron chi connectivity index (χ4n) is 4.56. The van der Waals surface area contributed by atoms with Gasteiger partial charge in [-0.25, -0.2) is 0 Å². The van der Waals surface area contributed by atoms with Gasteiger partial charge >= 0.3 is 0 Å². The van der Waals surface area contributed by atoms with Crippen molar-refractivity contribution in [3.8, 4) is 0 Å².